The third-order valence-corrected chi connectivity index (χ3v) is 5.23. The van der Waals surface area contributed by atoms with E-state index in [1.54, 1.807) is 37.3 Å². The summed E-state index contributed by atoms with van der Waals surface area (Å²) in [7, 11) is -3.78. The van der Waals surface area contributed by atoms with Gasteiger partial charge in [-0.3, -0.25) is 9.52 Å². The quantitative estimate of drug-likeness (QED) is 0.700. The van der Waals surface area contributed by atoms with Gasteiger partial charge in [0.15, 0.2) is 0 Å². The fraction of sp³-hybridized carbons (Fsp3) is 0.235. The van der Waals surface area contributed by atoms with Gasteiger partial charge in [-0.1, -0.05) is 13.0 Å². The first-order valence-electron chi connectivity index (χ1n) is 7.70. The molecule has 0 atom stereocenters. The van der Waals surface area contributed by atoms with Crippen LogP contribution in [0.1, 0.15) is 20.3 Å². The largest absolute Gasteiger partial charge is 0.493 e. The first-order chi connectivity index (χ1) is 11.9. The molecule has 0 bridgehead atoms. The SMILES string of the molecule is CCOc1ccc(NS(=O)(=O)c2cccc(NC(=O)CC)c2)cc1Br. The lowest BCUT2D eigenvalue weighted by Crippen LogP contribution is -2.14. The average molecular weight is 427 g/mol. The van der Waals surface area contributed by atoms with E-state index >= 15 is 0 Å². The highest BCUT2D eigenvalue weighted by Gasteiger charge is 2.16. The molecule has 8 heteroatoms. The van der Waals surface area contributed by atoms with Gasteiger partial charge in [0.25, 0.3) is 10.0 Å². The number of sulfonamides is 1. The highest BCUT2D eigenvalue weighted by molar-refractivity contribution is 9.10. The minimum Gasteiger partial charge on any atom is -0.493 e. The Labute approximate surface area is 155 Å². The number of rotatable bonds is 7. The van der Waals surface area contributed by atoms with Crippen molar-refractivity contribution in [3.8, 4) is 5.75 Å². The molecule has 0 aromatic heterocycles. The second kappa shape index (κ2) is 8.35. The molecule has 0 fully saturated rings. The summed E-state index contributed by atoms with van der Waals surface area (Å²) in [6.07, 6.45) is 0.315. The summed E-state index contributed by atoms with van der Waals surface area (Å²) in [5.41, 5.74) is 0.834. The van der Waals surface area contributed by atoms with Crippen LogP contribution in [0, 0.1) is 0 Å². The number of hydrogen-bond acceptors (Lipinski definition) is 4. The predicted molar refractivity (Wildman–Crippen MR) is 101 cm³/mol. The number of nitrogens with one attached hydrogen (secondary N) is 2. The average Bonchev–Trinajstić information content (AvgIpc) is 2.57. The summed E-state index contributed by atoms with van der Waals surface area (Å²) in [5.74, 6) is 0.452. The van der Waals surface area contributed by atoms with E-state index in [0.717, 1.165) is 0 Å². The Morgan fingerprint density at radius 1 is 1.12 bits per heavy atom. The summed E-state index contributed by atoms with van der Waals surface area (Å²) < 4.78 is 33.7. The monoisotopic (exact) mass is 426 g/mol. The highest BCUT2D eigenvalue weighted by atomic mass is 79.9. The first kappa shape index (κ1) is 19.3. The van der Waals surface area contributed by atoms with Crippen molar-refractivity contribution in [2.75, 3.05) is 16.6 Å². The smallest absolute Gasteiger partial charge is 0.261 e. The number of carbonyl (C=O) groups is 1. The maximum Gasteiger partial charge on any atom is 0.261 e. The number of ether oxygens (including phenoxy) is 1. The first-order valence-corrected chi connectivity index (χ1v) is 9.98. The van der Waals surface area contributed by atoms with Crippen LogP contribution >= 0.6 is 15.9 Å². The Bertz CT molecular complexity index is 869. The van der Waals surface area contributed by atoms with Gasteiger partial charge in [0.05, 0.1) is 21.7 Å². The molecule has 0 heterocycles. The van der Waals surface area contributed by atoms with Gasteiger partial charge in [-0.2, -0.15) is 0 Å². The van der Waals surface area contributed by atoms with Gasteiger partial charge in [-0.15, -0.1) is 0 Å². The van der Waals surface area contributed by atoms with Crippen molar-refractivity contribution in [3.05, 3.63) is 46.9 Å². The maximum atomic E-state index is 12.6. The van der Waals surface area contributed by atoms with E-state index in [9.17, 15) is 13.2 Å². The van der Waals surface area contributed by atoms with Crippen LogP contribution in [-0.4, -0.2) is 20.9 Å². The molecule has 0 saturated carbocycles. The second-order valence-corrected chi connectivity index (χ2v) is 7.65. The van der Waals surface area contributed by atoms with Crippen molar-refractivity contribution in [1.82, 2.24) is 0 Å². The molecule has 2 aromatic rings. The fourth-order valence-corrected chi connectivity index (χ4v) is 3.63. The Hall–Kier alpha value is -2.06. The van der Waals surface area contributed by atoms with Crippen LogP contribution in [-0.2, 0) is 14.8 Å². The lowest BCUT2D eigenvalue weighted by Gasteiger charge is -2.12. The van der Waals surface area contributed by atoms with Crippen LogP contribution in [0.2, 0.25) is 0 Å². The van der Waals surface area contributed by atoms with Gasteiger partial charge in [0.1, 0.15) is 5.75 Å². The summed E-state index contributed by atoms with van der Waals surface area (Å²) in [4.78, 5) is 11.5. The molecule has 0 unspecified atom stereocenters. The van der Waals surface area contributed by atoms with Crippen LogP contribution in [0.15, 0.2) is 51.8 Å². The van der Waals surface area contributed by atoms with Gasteiger partial charge >= 0.3 is 0 Å². The molecule has 1 amide bonds. The highest BCUT2D eigenvalue weighted by Crippen LogP contribution is 2.29. The summed E-state index contributed by atoms with van der Waals surface area (Å²) >= 11 is 3.35. The third-order valence-electron chi connectivity index (χ3n) is 3.23. The molecule has 2 N–H and O–H groups in total. The van der Waals surface area contributed by atoms with Crippen LogP contribution < -0.4 is 14.8 Å². The van der Waals surface area contributed by atoms with Crippen LogP contribution in [0.4, 0.5) is 11.4 Å². The minimum absolute atomic E-state index is 0.0615. The van der Waals surface area contributed by atoms with Crippen LogP contribution in [0.25, 0.3) is 0 Å². The minimum atomic E-state index is -3.78. The summed E-state index contributed by atoms with van der Waals surface area (Å²) in [6, 6.07) is 11.0. The third kappa shape index (κ3) is 5.20. The molecule has 0 spiro atoms. The van der Waals surface area contributed by atoms with Gasteiger partial charge in [-0.25, -0.2) is 8.42 Å². The standard InChI is InChI=1S/C17H19BrN2O4S/c1-3-17(21)19-12-6-5-7-14(10-12)25(22,23)20-13-8-9-16(24-4-2)15(18)11-13/h5-11,20H,3-4H2,1-2H3,(H,19,21). The molecule has 0 aliphatic carbocycles. The molecule has 0 saturated heterocycles. The van der Waals surface area contributed by atoms with Crippen LogP contribution in [0.3, 0.4) is 0 Å². The molecular weight excluding hydrogens is 408 g/mol. The number of halogens is 1. The van der Waals surface area contributed by atoms with Crippen molar-refractivity contribution in [2.45, 2.75) is 25.2 Å². The van der Waals surface area contributed by atoms with E-state index in [-0.39, 0.29) is 10.8 Å². The Morgan fingerprint density at radius 3 is 2.52 bits per heavy atom. The Kier molecular flexibility index (Phi) is 6.44. The van der Waals surface area contributed by atoms with E-state index in [1.807, 2.05) is 6.92 Å². The van der Waals surface area contributed by atoms with Gasteiger partial charge < -0.3 is 10.1 Å². The second-order valence-electron chi connectivity index (χ2n) is 5.11. The van der Waals surface area contributed by atoms with E-state index in [2.05, 4.69) is 26.0 Å². The molecule has 0 aliphatic rings. The number of anilines is 2. The molecule has 2 rings (SSSR count). The molecular formula is C17H19BrN2O4S. The number of benzene rings is 2. The van der Waals surface area contributed by atoms with E-state index in [4.69, 9.17) is 4.74 Å². The zero-order valence-corrected chi connectivity index (χ0v) is 16.3. The van der Waals surface area contributed by atoms with Gasteiger partial charge in [-0.05, 0) is 59.3 Å². The zero-order valence-electron chi connectivity index (χ0n) is 13.9. The lowest BCUT2D eigenvalue weighted by molar-refractivity contribution is -0.115. The van der Waals surface area contributed by atoms with E-state index < -0.39 is 10.0 Å². The molecule has 0 radical (unpaired) electrons. The molecule has 25 heavy (non-hydrogen) atoms. The number of amides is 1. The number of carbonyl (C=O) groups excluding carboxylic acids is 1. The zero-order chi connectivity index (χ0) is 18.4. The number of hydrogen-bond donors (Lipinski definition) is 2. The van der Waals surface area contributed by atoms with E-state index in [0.29, 0.717) is 34.6 Å². The summed E-state index contributed by atoms with van der Waals surface area (Å²) in [5, 5.41) is 2.64. The molecule has 2 aromatic carbocycles. The topological polar surface area (TPSA) is 84.5 Å². The van der Waals surface area contributed by atoms with Crippen molar-refractivity contribution >= 4 is 43.2 Å². The molecule has 0 aliphatic heterocycles. The Morgan fingerprint density at radius 2 is 1.88 bits per heavy atom. The van der Waals surface area contributed by atoms with Gasteiger partial charge in [0, 0.05) is 12.1 Å². The van der Waals surface area contributed by atoms with Crippen LogP contribution in [0.5, 0.6) is 5.75 Å². The van der Waals surface area contributed by atoms with Gasteiger partial charge in [0.2, 0.25) is 5.91 Å². The maximum absolute atomic E-state index is 12.6. The molecule has 6 nitrogen and oxygen atoms in total. The van der Waals surface area contributed by atoms with E-state index in [1.165, 1.54) is 12.1 Å². The predicted octanol–water partition coefficient (Wildman–Crippen LogP) is 4.00. The Balaban J connectivity index is 2.23. The van der Waals surface area contributed by atoms with Crippen molar-refractivity contribution in [2.24, 2.45) is 0 Å². The normalized spacial score (nSPS) is 11.0. The van der Waals surface area contributed by atoms with Crippen molar-refractivity contribution in [1.29, 1.82) is 0 Å². The summed E-state index contributed by atoms with van der Waals surface area (Å²) in [6.45, 7) is 4.11. The van der Waals surface area contributed by atoms with Crippen molar-refractivity contribution in [3.63, 3.8) is 0 Å². The molecule has 134 valence electrons. The van der Waals surface area contributed by atoms with Crippen molar-refractivity contribution < 1.29 is 17.9 Å². The fourth-order valence-electron chi connectivity index (χ4n) is 2.04. The lowest BCUT2D eigenvalue weighted by atomic mass is 10.3.